The maximum atomic E-state index is 11.0. The third-order valence-electron chi connectivity index (χ3n) is 1.25. The second-order valence-electron chi connectivity index (χ2n) is 3.24. The molecule has 72 valence electrons. The van der Waals surface area contributed by atoms with Gasteiger partial charge in [0, 0.05) is 5.75 Å². The van der Waals surface area contributed by atoms with Gasteiger partial charge in [-0.25, -0.2) is 0 Å². The maximum absolute atomic E-state index is 11.0. The monoisotopic (exact) mass is 190 g/mol. The van der Waals surface area contributed by atoms with E-state index >= 15 is 0 Å². The van der Waals surface area contributed by atoms with E-state index in [2.05, 4.69) is 13.8 Å². The summed E-state index contributed by atoms with van der Waals surface area (Å²) in [5, 5.41) is 0.614. The number of carbonyl (C=O) groups is 1. The highest BCUT2D eigenvalue weighted by molar-refractivity contribution is 7.99. The van der Waals surface area contributed by atoms with Gasteiger partial charge in [-0.2, -0.15) is 11.8 Å². The van der Waals surface area contributed by atoms with Gasteiger partial charge in [-0.3, -0.25) is 4.79 Å². The molecule has 0 saturated carbocycles. The zero-order valence-corrected chi connectivity index (χ0v) is 9.11. The number of hydrogen-bond donors (Lipinski definition) is 0. The lowest BCUT2D eigenvalue weighted by Gasteiger charge is -2.07. The van der Waals surface area contributed by atoms with Crippen molar-refractivity contribution in [3.8, 4) is 0 Å². The van der Waals surface area contributed by atoms with E-state index in [0.717, 1.165) is 5.75 Å². The number of carbonyl (C=O) groups excluding carboxylic acids is 1. The Morgan fingerprint density at radius 1 is 1.33 bits per heavy atom. The van der Waals surface area contributed by atoms with Crippen LogP contribution in [0.2, 0.25) is 0 Å². The first-order valence-electron chi connectivity index (χ1n) is 4.32. The van der Waals surface area contributed by atoms with Crippen LogP contribution < -0.4 is 0 Å². The van der Waals surface area contributed by atoms with E-state index in [1.807, 2.05) is 25.6 Å². The molecule has 0 aromatic heterocycles. The van der Waals surface area contributed by atoms with E-state index in [9.17, 15) is 4.79 Å². The summed E-state index contributed by atoms with van der Waals surface area (Å²) in [5.74, 6) is 0.796. The molecule has 0 amide bonds. The standard InChI is InChI=1S/C9H18O2S/c1-7(2)9(10)11-5-6-12-8(3)4/h7-8H,5-6H2,1-4H3. The Balaban J connectivity index is 3.26. The van der Waals surface area contributed by atoms with Crippen molar-refractivity contribution in [3.63, 3.8) is 0 Å². The third kappa shape index (κ3) is 6.53. The fraction of sp³-hybridized carbons (Fsp3) is 0.889. The smallest absolute Gasteiger partial charge is 0.308 e. The van der Waals surface area contributed by atoms with Crippen LogP contribution in [0, 0.1) is 5.92 Å². The molecule has 0 saturated heterocycles. The maximum Gasteiger partial charge on any atom is 0.308 e. The number of thioether (sulfide) groups is 1. The number of ether oxygens (including phenoxy) is 1. The van der Waals surface area contributed by atoms with Gasteiger partial charge in [-0.15, -0.1) is 0 Å². The van der Waals surface area contributed by atoms with Crippen LogP contribution in [0.15, 0.2) is 0 Å². The first-order chi connectivity index (χ1) is 5.54. The molecule has 3 heteroatoms. The van der Waals surface area contributed by atoms with E-state index in [1.54, 1.807) is 0 Å². The number of esters is 1. The molecular weight excluding hydrogens is 172 g/mol. The van der Waals surface area contributed by atoms with Crippen molar-refractivity contribution in [2.45, 2.75) is 32.9 Å². The highest BCUT2D eigenvalue weighted by Gasteiger charge is 2.07. The van der Waals surface area contributed by atoms with Gasteiger partial charge in [-0.1, -0.05) is 27.7 Å². The lowest BCUT2D eigenvalue weighted by molar-refractivity contribution is -0.146. The molecule has 0 fully saturated rings. The van der Waals surface area contributed by atoms with Gasteiger partial charge in [0.2, 0.25) is 0 Å². The summed E-state index contributed by atoms with van der Waals surface area (Å²) in [6.07, 6.45) is 0. The zero-order valence-electron chi connectivity index (χ0n) is 8.29. The molecule has 0 atom stereocenters. The second-order valence-corrected chi connectivity index (χ2v) is 4.93. The minimum atomic E-state index is -0.0978. The fourth-order valence-corrected chi connectivity index (χ4v) is 1.24. The van der Waals surface area contributed by atoms with E-state index in [1.165, 1.54) is 0 Å². The van der Waals surface area contributed by atoms with Crippen LogP contribution in [-0.2, 0) is 9.53 Å². The van der Waals surface area contributed by atoms with Crippen molar-refractivity contribution in [2.75, 3.05) is 12.4 Å². The molecule has 0 radical (unpaired) electrons. The minimum Gasteiger partial charge on any atom is -0.465 e. The molecule has 0 aliphatic rings. The molecule has 0 aliphatic heterocycles. The molecule has 0 heterocycles. The van der Waals surface area contributed by atoms with E-state index in [4.69, 9.17) is 4.74 Å². The Hall–Kier alpha value is -0.180. The molecule has 0 unspecified atom stereocenters. The lowest BCUT2D eigenvalue weighted by Crippen LogP contribution is -2.13. The quantitative estimate of drug-likeness (QED) is 0.491. The van der Waals surface area contributed by atoms with Crippen molar-refractivity contribution in [1.29, 1.82) is 0 Å². The Labute approximate surface area is 79.1 Å². The molecule has 0 aliphatic carbocycles. The van der Waals surface area contributed by atoms with Crippen molar-refractivity contribution < 1.29 is 9.53 Å². The van der Waals surface area contributed by atoms with Gasteiger partial charge < -0.3 is 4.74 Å². The largest absolute Gasteiger partial charge is 0.465 e. The molecular formula is C9H18O2S. The first kappa shape index (κ1) is 11.8. The topological polar surface area (TPSA) is 26.3 Å². The van der Waals surface area contributed by atoms with Gasteiger partial charge in [0.15, 0.2) is 0 Å². The Bertz CT molecular complexity index is 132. The molecule has 12 heavy (non-hydrogen) atoms. The van der Waals surface area contributed by atoms with Gasteiger partial charge >= 0.3 is 5.97 Å². The molecule has 2 nitrogen and oxygen atoms in total. The van der Waals surface area contributed by atoms with Crippen molar-refractivity contribution in [1.82, 2.24) is 0 Å². The first-order valence-corrected chi connectivity index (χ1v) is 5.37. The van der Waals surface area contributed by atoms with Crippen molar-refractivity contribution in [2.24, 2.45) is 5.92 Å². The van der Waals surface area contributed by atoms with Gasteiger partial charge in [-0.05, 0) is 5.25 Å². The van der Waals surface area contributed by atoms with Gasteiger partial charge in [0.1, 0.15) is 6.61 Å². The lowest BCUT2D eigenvalue weighted by atomic mass is 10.2. The Kier molecular flexibility index (Phi) is 6.25. The molecule has 0 aromatic rings. The Morgan fingerprint density at radius 2 is 1.92 bits per heavy atom. The second kappa shape index (κ2) is 6.35. The number of rotatable bonds is 5. The van der Waals surface area contributed by atoms with E-state index in [0.29, 0.717) is 11.9 Å². The molecule has 0 rings (SSSR count). The normalized spacial score (nSPS) is 10.8. The summed E-state index contributed by atoms with van der Waals surface area (Å²) in [7, 11) is 0. The van der Waals surface area contributed by atoms with Crippen LogP contribution in [0.5, 0.6) is 0 Å². The van der Waals surface area contributed by atoms with E-state index in [-0.39, 0.29) is 11.9 Å². The van der Waals surface area contributed by atoms with Crippen LogP contribution in [-0.4, -0.2) is 23.6 Å². The van der Waals surface area contributed by atoms with Gasteiger partial charge in [0.25, 0.3) is 0 Å². The Morgan fingerprint density at radius 3 is 2.33 bits per heavy atom. The van der Waals surface area contributed by atoms with Gasteiger partial charge in [0.05, 0.1) is 5.92 Å². The average molecular weight is 190 g/mol. The number of hydrogen-bond acceptors (Lipinski definition) is 3. The zero-order chi connectivity index (χ0) is 9.56. The van der Waals surface area contributed by atoms with E-state index < -0.39 is 0 Å². The predicted octanol–water partition coefficient (Wildman–Crippen LogP) is 2.33. The van der Waals surface area contributed by atoms with Crippen LogP contribution in [0.25, 0.3) is 0 Å². The predicted molar refractivity (Wildman–Crippen MR) is 53.4 cm³/mol. The minimum absolute atomic E-state index is 0.00551. The molecule has 0 bridgehead atoms. The fourth-order valence-electron chi connectivity index (χ4n) is 0.593. The highest BCUT2D eigenvalue weighted by atomic mass is 32.2. The SMILES string of the molecule is CC(C)SCCOC(=O)C(C)C. The highest BCUT2D eigenvalue weighted by Crippen LogP contribution is 2.08. The molecule has 0 spiro atoms. The van der Waals surface area contributed by atoms with Crippen LogP contribution in [0.1, 0.15) is 27.7 Å². The summed E-state index contributed by atoms with van der Waals surface area (Å²) < 4.78 is 4.99. The van der Waals surface area contributed by atoms with Crippen LogP contribution in [0.4, 0.5) is 0 Å². The van der Waals surface area contributed by atoms with Crippen LogP contribution in [0.3, 0.4) is 0 Å². The summed E-state index contributed by atoms with van der Waals surface area (Å²) in [5.41, 5.74) is 0. The van der Waals surface area contributed by atoms with Crippen molar-refractivity contribution >= 4 is 17.7 Å². The molecule has 0 N–H and O–H groups in total. The van der Waals surface area contributed by atoms with Crippen LogP contribution >= 0.6 is 11.8 Å². The van der Waals surface area contributed by atoms with Crippen molar-refractivity contribution in [3.05, 3.63) is 0 Å². The third-order valence-corrected chi connectivity index (χ3v) is 2.32. The summed E-state index contributed by atoms with van der Waals surface area (Å²) in [4.78, 5) is 11.0. The molecule has 0 aromatic carbocycles. The summed E-state index contributed by atoms with van der Waals surface area (Å²) in [6, 6.07) is 0. The average Bonchev–Trinajstić information content (AvgIpc) is 1.97. The summed E-state index contributed by atoms with van der Waals surface area (Å²) in [6.45, 7) is 8.50. The summed E-state index contributed by atoms with van der Waals surface area (Å²) >= 11 is 1.81.